The molecule has 4 atom stereocenters. The van der Waals surface area contributed by atoms with Gasteiger partial charge in [0.25, 0.3) is 5.56 Å². The predicted molar refractivity (Wildman–Crippen MR) is 110 cm³/mol. The molecule has 1 aromatic heterocycles. The average Bonchev–Trinajstić information content (AvgIpc) is 2.69. The van der Waals surface area contributed by atoms with Crippen LogP contribution in [0.2, 0.25) is 0 Å². The van der Waals surface area contributed by atoms with E-state index in [4.69, 9.17) is 4.74 Å². The Labute approximate surface area is 173 Å². The number of aromatic nitrogens is 2. The maximum Gasteiger partial charge on any atom is 0.283 e. The van der Waals surface area contributed by atoms with Gasteiger partial charge < -0.3 is 15.0 Å². The first kappa shape index (κ1) is 19.9. The normalized spacial score (nSPS) is 31.2. The molecule has 1 N–H and O–H groups in total. The molecule has 0 aromatic carbocycles. The highest BCUT2D eigenvalue weighted by molar-refractivity contribution is 9.10. The molecule has 0 radical (unpaired) electrons. The van der Waals surface area contributed by atoms with Crippen LogP contribution in [0.4, 0.5) is 5.69 Å². The summed E-state index contributed by atoms with van der Waals surface area (Å²) in [5.41, 5.74) is 0.868. The van der Waals surface area contributed by atoms with Crippen LogP contribution in [0.15, 0.2) is 15.5 Å². The molecular weight excluding hydrogens is 424 g/mol. The third-order valence-corrected chi connectivity index (χ3v) is 8.10. The Morgan fingerprint density at radius 3 is 2.71 bits per heavy atom. The molecule has 154 valence electrons. The van der Waals surface area contributed by atoms with Gasteiger partial charge in [0, 0.05) is 19.1 Å². The minimum Gasteiger partial charge on any atom is -0.380 e. The van der Waals surface area contributed by atoms with Crippen molar-refractivity contribution in [1.29, 1.82) is 0 Å². The van der Waals surface area contributed by atoms with E-state index in [1.165, 1.54) is 11.1 Å². The lowest BCUT2D eigenvalue weighted by atomic mass is 9.45. The first-order chi connectivity index (χ1) is 13.3. The maximum atomic E-state index is 12.7. The molecule has 8 heteroatoms. The van der Waals surface area contributed by atoms with E-state index in [1.807, 2.05) is 0 Å². The number of ether oxygens (including phenoxy) is 1. The molecule has 0 unspecified atom stereocenters. The first-order valence-corrected chi connectivity index (χ1v) is 11.0. The summed E-state index contributed by atoms with van der Waals surface area (Å²) in [5.74, 6) is 1.91. The fourth-order valence-electron chi connectivity index (χ4n) is 5.26. The number of amides is 1. The van der Waals surface area contributed by atoms with Gasteiger partial charge in [-0.2, -0.15) is 5.10 Å². The van der Waals surface area contributed by atoms with E-state index in [-0.39, 0.29) is 18.0 Å². The second-order valence-electron chi connectivity index (χ2n) is 9.03. The molecule has 7 nitrogen and oxygen atoms in total. The Morgan fingerprint density at radius 2 is 2.07 bits per heavy atom. The largest absolute Gasteiger partial charge is 0.380 e. The van der Waals surface area contributed by atoms with Gasteiger partial charge in [-0.25, -0.2) is 4.68 Å². The van der Waals surface area contributed by atoms with E-state index in [2.05, 4.69) is 47.1 Å². The van der Waals surface area contributed by atoms with Crippen LogP contribution >= 0.6 is 15.9 Å². The number of carbonyl (C=O) groups is 1. The number of rotatable bonds is 4. The second-order valence-corrected chi connectivity index (χ2v) is 9.83. The summed E-state index contributed by atoms with van der Waals surface area (Å²) in [6.07, 6.45) is 4.10. The van der Waals surface area contributed by atoms with Gasteiger partial charge >= 0.3 is 0 Å². The minimum absolute atomic E-state index is 0.0458. The number of anilines is 1. The molecule has 4 aliphatic rings. The van der Waals surface area contributed by atoms with Crippen LogP contribution < -0.4 is 10.9 Å². The van der Waals surface area contributed by atoms with Crippen molar-refractivity contribution in [3.8, 4) is 0 Å². The fourth-order valence-corrected chi connectivity index (χ4v) is 5.68. The maximum absolute atomic E-state index is 12.7. The summed E-state index contributed by atoms with van der Waals surface area (Å²) in [4.78, 5) is 26.9. The van der Waals surface area contributed by atoms with Crippen LogP contribution in [-0.4, -0.2) is 52.9 Å². The van der Waals surface area contributed by atoms with Crippen LogP contribution in [0.1, 0.15) is 33.6 Å². The molecule has 1 aromatic rings. The summed E-state index contributed by atoms with van der Waals surface area (Å²) < 4.78 is 6.95. The van der Waals surface area contributed by atoms with E-state index >= 15 is 0 Å². The van der Waals surface area contributed by atoms with Crippen LogP contribution in [0, 0.1) is 23.2 Å². The lowest BCUT2D eigenvalue weighted by molar-refractivity contribution is -0.136. The Morgan fingerprint density at radius 1 is 1.36 bits per heavy atom. The van der Waals surface area contributed by atoms with Crippen molar-refractivity contribution in [2.24, 2.45) is 23.2 Å². The van der Waals surface area contributed by atoms with E-state index in [9.17, 15) is 9.59 Å². The summed E-state index contributed by atoms with van der Waals surface area (Å²) in [7, 11) is 0. The highest BCUT2D eigenvalue weighted by Gasteiger charge is 2.56. The lowest BCUT2D eigenvalue weighted by Gasteiger charge is -2.62. The zero-order chi connectivity index (χ0) is 20.1. The number of nitrogens with zero attached hydrogens (tertiary/aromatic N) is 3. The Bertz CT molecular complexity index is 818. The summed E-state index contributed by atoms with van der Waals surface area (Å²) >= 11 is 3.43. The van der Waals surface area contributed by atoms with E-state index in [1.54, 1.807) is 11.1 Å². The van der Waals surface area contributed by atoms with Crippen molar-refractivity contribution >= 4 is 27.5 Å². The molecule has 2 bridgehead atoms. The van der Waals surface area contributed by atoms with Gasteiger partial charge in [0.05, 0.1) is 25.1 Å². The number of nitrogens with one attached hydrogen (secondary N) is 1. The topological polar surface area (TPSA) is 76.5 Å². The number of carbonyl (C=O) groups excluding carboxylic acids is 1. The van der Waals surface area contributed by atoms with Gasteiger partial charge in [0.15, 0.2) is 0 Å². The number of hydrogen-bond acceptors (Lipinski definition) is 5. The fraction of sp³-hybridized carbons (Fsp3) is 0.750. The van der Waals surface area contributed by atoms with Crippen molar-refractivity contribution in [3.05, 3.63) is 21.0 Å². The van der Waals surface area contributed by atoms with Crippen molar-refractivity contribution < 1.29 is 9.53 Å². The van der Waals surface area contributed by atoms with Crippen LogP contribution in [0.5, 0.6) is 0 Å². The number of morpholine rings is 1. The third-order valence-electron chi connectivity index (χ3n) is 7.33. The first-order valence-electron chi connectivity index (χ1n) is 10.2. The molecule has 28 heavy (non-hydrogen) atoms. The van der Waals surface area contributed by atoms with Crippen LogP contribution in [0.25, 0.3) is 0 Å². The standard InChI is InChI=1S/C20H29BrN4O3/c1-12-14-8-13(20(14,2)3)9-15(12)23-16-10-22-25(19(27)18(16)21)11-17(26)24-4-6-28-7-5-24/h10,12-15,23H,4-9,11H2,1-3H3/t12-,13-,14+,15-/m1/s1. The van der Waals surface area contributed by atoms with Crippen molar-refractivity contribution in [2.75, 3.05) is 31.6 Å². The highest BCUT2D eigenvalue weighted by Crippen LogP contribution is 2.61. The lowest BCUT2D eigenvalue weighted by Crippen LogP contribution is -2.58. The zero-order valence-electron chi connectivity index (χ0n) is 16.8. The average molecular weight is 453 g/mol. The quantitative estimate of drug-likeness (QED) is 0.758. The van der Waals surface area contributed by atoms with Gasteiger partial charge in [-0.1, -0.05) is 20.8 Å². The molecule has 3 saturated carbocycles. The molecule has 5 rings (SSSR count). The Hall–Kier alpha value is -1.41. The van der Waals surface area contributed by atoms with Gasteiger partial charge in [-0.05, 0) is 51.9 Å². The molecule has 2 heterocycles. The number of fused-ring (bicyclic) bond motifs is 2. The Balaban J connectivity index is 1.45. The number of halogens is 1. The third kappa shape index (κ3) is 3.38. The van der Waals surface area contributed by atoms with Crippen molar-refractivity contribution in [2.45, 2.75) is 46.2 Å². The molecule has 1 aliphatic heterocycles. The van der Waals surface area contributed by atoms with Crippen LogP contribution in [-0.2, 0) is 16.1 Å². The van der Waals surface area contributed by atoms with Crippen LogP contribution in [0.3, 0.4) is 0 Å². The Kier molecular flexibility index (Phi) is 5.29. The predicted octanol–water partition coefficient (Wildman–Crippen LogP) is 2.35. The molecular formula is C20H29BrN4O3. The van der Waals surface area contributed by atoms with Gasteiger partial charge in [0.1, 0.15) is 11.0 Å². The number of hydrogen-bond donors (Lipinski definition) is 1. The molecule has 1 saturated heterocycles. The van der Waals surface area contributed by atoms with Gasteiger partial charge in [0.2, 0.25) is 5.91 Å². The monoisotopic (exact) mass is 452 g/mol. The van der Waals surface area contributed by atoms with E-state index < -0.39 is 0 Å². The van der Waals surface area contributed by atoms with Gasteiger partial charge in [-0.3, -0.25) is 9.59 Å². The zero-order valence-corrected chi connectivity index (χ0v) is 18.4. The molecule has 0 spiro atoms. The highest BCUT2D eigenvalue weighted by atomic mass is 79.9. The minimum atomic E-state index is -0.277. The van der Waals surface area contributed by atoms with Crippen molar-refractivity contribution in [1.82, 2.24) is 14.7 Å². The van der Waals surface area contributed by atoms with E-state index in [0.717, 1.165) is 23.9 Å². The summed E-state index contributed by atoms with van der Waals surface area (Å²) in [6.45, 7) is 9.22. The summed E-state index contributed by atoms with van der Waals surface area (Å²) in [6, 6.07) is 0.347. The smallest absolute Gasteiger partial charge is 0.283 e. The van der Waals surface area contributed by atoms with Gasteiger partial charge in [-0.15, -0.1) is 0 Å². The van der Waals surface area contributed by atoms with Crippen molar-refractivity contribution in [3.63, 3.8) is 0 Å². The molecule has 3 aliphatic carbocycles. The molecule has 1 amide bonds. The second kappa shape index (κ2) is 7.44. The summed E-state index contributed by atoms with van der Waals surface area (Å²) in [5, 5.41) is 7.80. The van der Waals surface area contributed by atoms with E-state index in [0.29, 0.717) is 48.2 Å². The SMILES string of the molecule is C[C@H]1[C@H](Nc2cnn(CC(=O)N3CCOCC3)c(=O)c2Br)C[C@H]2C[C@@H]1C2(C)C. The molecule has 4 fully saturated rings.